The number of nitrogens with zero attached hydrogens (tertiary/aromatic N) is 3. The van der Waals surface area contributed by atoms with Gasteiger partial charge in [-0.2, -0.15) is 24.3 Å². The summed E-state index contributed by atoms with van der Waals surface area (Å²) in [5.74, 6) is 0. The smallest absolute Gasteiger partial charge is 0.456 e. The normalized spacial score (nSPS) is 11.4. The maximum Gasteiger partial charge on any atom is 2.00 e. The fourth-order valence-corrected chi connectivity index (χ4v) is 10.1. The van der Waals surface area contributed by atoms with Gasteiger partial charge < -0.3 is 18.8 Å². The topological polar surface area (TPSA) is 24.6 Å². The molecule has 0 amide bonds. The van der Waals surface area contributed by atoms with Gasteiger partial charge in [-0.15, -0.1) is 29.7 Å². The summed E-state index contributed by atoms with van der Waals surface area (Å²) in [6.45, 7) is 0. The Hall–Kier alpha value is -8.07. The first-order valence-corrected chi connectivity index (χ1v) is 23.0. The minimum atomic E-state index is 0. The summed E-state index contributed by atoms with van der Waals surface area (Å²) in [5, 5.41) is 6.78. The average Bonchev–Trinajstić information content (AvgIpc) is 3.96. The van der Waals surface area contributed by atoms with Crippen LogP contribution in [0.4, 0.5) is 34.1 Å². The van der Waals surface area contributed by atoms with Crippen molar-refractivity contribution in [3.63, 3.8) is 0 Å². The van der Waals surface area contributed by atoms with Crippen molar-refractivity contribution in [2.75, 3.05) is 9.80 Å². The molecule has 0 spiro atoms. The van der Waals surface area contributed by atoms with Crippen molar-refractivity contribution in [3.8, 4) is 27.9 Å². The Morgan fingerprint density at radius 3 is 1.65 bits per heavy atom. The van der Waals surface area contributed by atoms with E-state index in [0.717, 1.165) is 89.2 Å². The molecule has 0 unspecified atom stereocenters. The molecule has 0 fully saturated rings. The summed E-state index contributed by atoms with van der Waals surface area (Å²) >= 11 is 0. The number of aromatic nitrogens is 1. The third kappa shape index (κ3) is 7.48. The standard InChI is InChI=1S/C64H41N3O.U/c1-5-16-44(17-6-1)45-28-32-50(33-29-45)65(47-18-7-2-8-19-47)51-34-30-46(31-35-51)54-25-15-26-57-55(54)39-41-62-64(57)58-38-36-53(43-63(58)68-62)66(48-20-9-3-10-21-48)52-37-40-61-59(42-52)56-24-13-14-27-60(56)67(61)49-22-11-4-12-23-49;/h1-24,26-30,32-43H;/q-2;+2. The second kappa shape index (κ2) is 17.9. The molecule has 0 radical (unpaired) electrons. The summed E-state index contributed by atoms with van der Waals surface area (Å²) in [4.78, 5) is 4.60. The van der Waals surface area contributed by atoms with Crippen LogP contribution in [-0.2, 0) is 0 Å². The van der Waals surface area contributed by atoms with Crippen LogP contribution in [0.2, 0.25) is 0 Å². The molecule has 0 aliphatic carbocycles. The van der Waals surface area contributed by atoms with Crippen molar-refractivity contribution in [2.24, 2.45) is 0 Å². The minimum Gasteiger partial charge on any atom is -0.456 e. The van der Waals surface area contributed by atoms with E-state index in [-0.39, 0.29) is 31.1 Å². The van der Waals surface area contributed by atoms with Gasteiger partial charge in [-0.3, -0.25) is 0 Å². The molecule has 0 saturated heterocycles. The third-order valence-corrected chi connectivity index (χ3v) is 13.2. The largest absolute Gasteiger partial charge is 2.00 e. The molecule has 0 bridgehead atoms. The van der Waals surface area contributed by atoms with Crippen LogP contribution in [0, 0.1) is 43.2 Å². The second-order valence-electron chi connectivity index (χ2n) is 17.1. The first-order chi connectivity index (χ1) is 33.7. The van der Waals surface area contributed by atoms with Gasteiger partial charge in [0.2, 0.25) is 0 Å². The fraction of sp³-hybridized carbons (Fsp3) is 0. The molecule has 13 rings (SSSR count). The van der Waals surface area contributed by atoms with Crippen molar-refractivity contribution >= 4 is 88.6 Å². The molecule has 13 aromatic rings. The van der Waals surface area contributed by atoms with E-state index < -0.39 is 0 Å². The summed E-state index contributed by atoms with van der Waals surface area (Å²) in [7, 11) is 0. The van der Waals surface area contributed by atoms with Crippen LogP contribution in [-0.4, -0.2) is 4.57 Å². The Labute approximate surface area is 424 Å². The molecule has 0 N–H and O–H groups in total. The van der Waals surface area contributed by atoms with E-state index in [4.69, 9.17) is 4.42 Å². The van der Waals surface area contributed by atoms with Gasteiger partial charge in [-0.05, 0) is 108 Å². The SMILES string of the molecule is [U+2].[c-]1cc(N(c2ccccc2)c2ccc(-c3ccccc3)cc2)ccc1-c1[c-]ccc2c1ccc1oc3cc(N(c4ccccc4)c4ccc5c(c4)c4ccccc4n5-c4ccccc4)ccc3c12. The number of furan rings is 1. The third-order valence-electron chi connectivity index (χ3n) is 13.2. The quantitative estimate of drug-likeness (QED) is 0.135. The number of rotatable bonds is 9. The van der Waals surface area contributed by atoms with E-state index in [9.17, 15) is 0 Å². The molecule has 69 heavy (non-hydrogen) atoms. The molecule has 322 valence electrons. The Balaban J connectivity index is 0.00000492. The molecule has 0 aliphatic heterocycles. The van der Waals surface area contributed by atoms with E-state index in [0.29, 0.717) is 0 Å². The first-order valence-electron chi connectivity index (χ1n) is 23.0. The molecular formula is C64H41N3OU. The zero-order valence-electron chi connectivity index (χ0n) is 37.4. The molecule has 2 aromatic heterocycles. The molecule has 11 aromatic carbocycles. The van der Waals surface area contributed by atoms with Crippen LogP contribution >= 0.6 is 0 Å². The van der Waals surface area contributed by atoms with Crippen LogP contribution in [0.15, 0.2) is 253 Å². The number of hydrogen-bond donors (Lipinski definition) is 0. The van der Waals surface area contributed by atoms with Crippen LogP contribution in [0.5, 0.6) is 0 Å². The minimum absolute atomic E-state index is 0. The monoisotopic (exact) mass is 1110 g/mol. The van der Waals surface area contributed by atoms with Crippen molar-refractivity contribution in [3.05, 3.63) is 261 Å². The Morgan fingerprint density at radius 2 is 0.928 bits per heavy atom. The molecule has 0 saturated carbocycles. The van der Waals surface area contributed by atoms with Gasteiger partial charge in [0.05, 0.1) is 11.0 Å². The van der Waals surface area contributed by atoms with Crippen molar-refractivity contribution in [1.29, 1.82) is 0 Å². The maximum absolute atomic E-state index is 6.75. The van der Waals surface area contributed by atoms with Gasteiger partial charge in [0.1, 0.15) is 11.2 Å². The zero-order chi connectivity index (χ0) is 45.0. The molecular weight excluding hydrogens is 1060 g/mol. The van der Waals surface area contributed by atoms with Crippen LogP contribution in [0.3, 0.4) is 0 Å². The Bertz CT molecular complexity index is 3940. The summed E-state index contributed by atoms with van der Waals surface area (Å²) in [5.41, 5.74) is 15.8. The summed E-state index contributed by atoms with van der Waals surface area (Å²) in [6, 6.07) is 95.2. The molecule has 4 nitrogen and oxygen atoms in total. The number of para-hydroxylation sites is 4. The van der Waals surface area contributed by atoms with Gasteiger partial charge in [0, 0.05) is 61.7 Å². The predicted molar refractivity (Wildman–Crippen MR) is 283 cm³/mol. The van der Waals surface area contributed by atoms with Gasteiger partial charge in [0.15, 0.2) is 0 Å². The van der Waals surface area contributed by atoms with Gasteiger partial charge >= 0.3 is 31.1 Å². The number of fused-ring (bicyclic) bond motifs is 8. The van der Waals surface area contributed by atoms with Crippen molar-refractivity contribution < 1.29 is 35.5 Å². The van der Waals surface area contributed by atoms with Gasteiger partial charge in [0.25, 0.3) is 0 Å². The van der Waals surface area contributed by atoms with E-state index in [1.54, 1.807) is 0 Å². The Morgan fingerprint density at radius 1 is 0.362 bits per heavy atom. The zero-order valence-corrected chi connectivity index (χ0v) is 41.6. The molecule has 0 atom stereocenters. The van der Waals surface area contributed by atoms with Crippen LogP contribution in [0.1, 0.15) is 0 Å². The second-order valence-corrected chi connectivity index (χ2v) is 17.1. The number of anilines is 6. The maximum atomic E-state index is 6.75. The molecule has 0 aliphatic rings. The average molecular weight is 1110 g/mol. The fourth-order valence-electron chi connectivity index (χ4n) is 10.1. The van der Waals surface area contributed by atoms with E-state index in [2.05, 4.69) is 269 Å². The summed E-state index contributed by atoms with van der Waals surface area (Å²) < 4.78 is 9.11. The van der Waals surface area contributed by atoms with E-state index >= 15 is 0 Å². The number of benzene rings is 11. The van der Waals surface area contributed by atoms with Crippen molar-refractivity contribution in [2.45, 2.75) is 0 Å². The van der Waals surface area contributed by atoms with Crippen molar-refractivity contribution in [1.82, 2.24) is 4.57 Å². The van der Waals surface area contributed by atoms with E-state index in [1.165, 1.54) is 27.4 Å². The van der Waals surface area contributed by atoms with E-state index in [1.807, 2.05) is 6.07 Å². The van der Waals surface area contributed by atoms with Crippen LogP contribution in [0.25, 0.3) is 82.5 Å². The summed E-state index contributed by atoms with van der Waals surface area (Å²) in [6.07, 6.45) is 0. The Kier molecular flexibility index (Phi) is 11.0. The number of hydrogen-bond acceptors (Lipinski definition) is 3. The first kappa shape index (κ1) is 42.3. The van der Waals surface area contributed by atoms with Gasteiger partial charge in [-0.1, -0.05) is 121 Å². The van der Waals surface area contributed by atoms with Gasteiger partial charge in [-0.25, -0.2) is 11.1 Å². The molecule has 5 heteroatoms. The predicted octanol–water partition coefficient (Wildman–Crippen LogP) is 17.7. The molecule has 2 heterocycles. The van der Waals surface area contributed by atoms with Crippen LogP contribution < -0.4 is 9.80 Å².